The van der Waals surface area contributed by atoms with Crippen LogP contribution in [-0.2, 0) is 9.59 Å². The standard InChI is InChI=1S/C11H15NO3/c13-10(8-2-6-1-7(6)3-8)12-4-9(5-12)11(14)15/h6-9H,1-5H2,(H,14,15). The molecule has 82 valence electrons. The second-order valence-corrected chi connectivity index (χ2v) is 5.20. The van der Waals surface area contributed by atoms with Gasteiger partial charge in [0.1, 0.15) is 0 Å². The average molecular weight is 209 g/mol. The monoisotopic (exact) mass is 209 g/mol. The summed E-state index contributed by atoms with van der Waals surface area (Å²) < 4.78 is 0. The zero-order valence-electron chi connectivity index (χ0n) is 8.56. The van der Waals surface area contributed by atoms with Crippen LogP contribution in [-0.4, -0.2) is 35.0 Å². The van der Waals surface area contributed by atoms with Crippen LogP contribution in [0.1, 0.15) is 19.3 Å². The van der Waals surface area contributed by atoms with Gasteiger partial charge in [-0.1, -0.05) is 0 Å². The first kappa shape index (κ1) is 9.19. The molecule has 4 nitrogen and oxygen atoms in total. The van der Waals surface area contributed by atoms with Gasteiger partial charge < -0.3 is 10.0 Å². The summed E-state index contributed by atoms with van der Waals surface area (Å²) in [6, 6.07) is 0. The van der Waals surface area contributed by atoms with Crippen molar-refractivity contribution in [2.75, 3.05) is 13.1 Å². The molecule has 1 saturated heterocycles. The fraction of sp³-hybridized carbons (Fsp3) is 0.818. The number of aliphatic carboxylic acids is 1. The van der Waals surface area contributed by atoms with Crippen LogP contribution in [0.5, 0.6) is 0 Å². The Morgan fingerprint density at radius 3 is 2.13 bits per heavy atom. The highest BCUT2D eigenvalue weighted by molar-refractivity contribution is 5.83. The van der Waals surface area contributed by atoms with E-state index in [1.807, 2.05) is 0 Å². The van der Waals surface area contributed by atoms with Crippen molar-refractivity contribution in [3.05, 3.63) is 0 Å². The second kappa shape index (κ2) is 2.97. The van der Waals surface area contributed by atoms with Crippen molar-refractivity contribution in [3.63, 3.8) is 0 Å². The topological polar surface area (TPSA) is 57.6 Å². The van der Waals surface area contributed by atoms with E-state index in [9.17, 15) is 9.59 Å². The third-order valence-electron chi connectivity index (χ3n) is 4.14. The van der Waals surface area contributed by atoms with Crippen LogP contribution in [0.2, 0.25) is 0 Å². The normalized spacial score (nSPS) is 38.4. The van der Waals surface area contributed by atoms with Crippen molar-refractivity contribution in [1.29, 1.82) is 0 Å². The number of rotatable bonds is 2. The number of carbonyl (C=O) groups excluding carboxylic acids is 1. The van der Waals surface area contributed by atoms with E-state index in [1.54, 1.807) is 4.90 Å². The van der Waals surface area contributed by atoms with Crippen molar-refractivity contribution < 1.29 is 14.7 Å². The molecule has 3 rings (SSSR count). The number of nitrogens with zero attached hydrogens (tertiary/aromatic N) is 1. The summed E-state index contributed by atoms with van der Waals surface area (Å²) in [6.45, 7) is 0.861. The molecule has 1 N–H and O–H groups in total. The Hall–Kier alpha value is -1.06. The molecule has 0 aromatic heterocycles. The summed E-state index contributed by atoms with van der Waals surface area (Å²) >= 11 is 0. The first-order valence-electron chi connectivity index (χ1n) is 5.66. The summed E-state index contributed by atoms with van der Waals surface area (Å²) in [7, 11) is 0. The molecule has 2 aliphatic carbocycles. The molecule has 0 aromatic rings. The molecule has 1 amide bonds. The van der Waals surface area contributed by atoms with E-state index >= 15 is 0 Å². The predicted octanol–water partition coefficient (Wildman–Crippen LogP) is 0.575. The van der Waals surface area contributed by atoms with Crippen LogP contribution in [0.15, 0.2) is 0 Å². The Labute approximate surface area is 88.2 Å². The lowest BCUT2D eigenvalue weighted by atomic mass is 9.95. The first-order valence-corrected chi connectivity index (χ1v) is 5.66. The van der Waals surface area contributed by atoms with Crippen LogP contribution in [0.4, 0.5) is 0 Å². The largest absolute Gasteiger partial charge is 0.481 e. The Balaban J connectivity index is 1.52. The van der Waals surface area contributed by atoms with Crippen LogP contribution in [0.25, 0.3) is 0 Å². The fourth-order valence-corrected chi connectivity index (χ4v) is 2.99. The predicted molar refractivity (Wildman–Crippen MR) is 52.0 cm³/mol. The van der Waals surface area contributed by atoms with Crippen LogP contribution >= 0.6 is 0 Å². The number of likely N-dealkylation sites (tertiary alicyclic amines) is 1. The lowest BCUT2D eigenvalue weighted by Gasteiger charge is -2.38. The molecule has 4 heteroatoms. The third-order valence-corrected chi connectivity index (χ3v) is 4.14. The minimum Gasteiger partial charge on any atom is -0.481 e. The highest BCUT2D eigenvalue weighted by atomic mass is 16.4. The molecule has 1 heterocycles. The maximum Gasteiger partial charge on any atom is 0.310 e. The van der Waals surface area contributed by atoms with Gasteiger partial charge in [-0.15, -0.1) is 0 Å². The van der Waals surface area contributed by atoms with Crippen molar-refractivity contribution in [1.82, 2.24) is 4.90 Å². The lowest BCUT2D eigenvalue weighted by molar-refractivity contribution is -0.154. The maximum absolute atomic E-state index is 11.9. The van der Waals surface area contributed by atoms with Crippen LogP contribution < -0.4 is 0 Å². The Morgan fingerprint density at radius 2 is 1.60 bits per heavy atom. The molecule has 2 atom stereocenters. The third kappa shape index (κ3) is 1.43. The number of carboxylic acids is 1. The maximum atomic E-state index is 11.9. The van der Waals surface area contributed by atoms with E-state index in [-0.39, 0.29) is 17.7 Å². The molecular formula is C11H15NO3. The van der Waals surface area contributed by atoms with E-state index in [0.717, 1.165) is 24.7 Å². The van der Waals surface area contributed by atoms with Gasteiger partial charge >= 0.3 is 5.97 Å². The molecule has 2 unspecified atom stereocenters. The Kier molecular flexibility index (Phi) is 1.82. The van der Waals surface area contributed by atoms with Crippen molar-refractivity contribution in [2.24, 2.45) is 23.7 Å². The van der Waals surface area contributed by atoms with E-state index < -0.39 is 5.97 Å². The zero-order valence-corrected chi connectivity index (χ0v) is 8.56. The molecule has 3 aliphatic rings. The molecule has 15 heavy (non-hydrogen) atoms. The van der Waals surface area contributed by atoms with Gasteiger partial charge in [-0.05, 0) is 31.1 Å². The summed E-state index contributed by atoms with van der Waals surface area (Å²) in [5.74, 6) is 0.965. The van der Waals surface area contributed by atoms with Gasteiger partial charge in [0.2, 0.25) is 5.91 Å². The van der Waals surface area contributed by atoms with E-state index in [2.05, 4.69) is 0 Å². The fourth-order valence-electron chi connectivity index (χ4n) is 2.99. The summed E-state index contributed by atoms with van der Waals surface area (Å²) in [4.78, 5) is 24.2. The highest BCUT2D eigenvalue weighted by Gasteiger charge is 2.50. The zero-order chi connectivity index (χ0) is 10.6. The van der Waals surface area contributed by atoms with Crippen molar-refractivity contribution >= 4 is 11.9 Å². The summed E-state index contributed by atoms with van der Waals surface area (Å²) in [5, 5.41) is 8.71. The number of fused-ring (bicyclic) bond motifs is 1. The van der Waals surface area contributed by atoms with Gasteiger partial charge in [-0.3, -0.25) is 9.59 Å². The molecule has 0 spiro atoms. The van der Waals surface area contributed by atoms with E-state index in [4.69, 9.17) is 5.11 Å². The number of hydrogen-bond donors (Lipinski definition) is 1. The molecule has 3 fully saturated rings. The Bertz CT molecular complexity index is 312. The van der Waals surface area contributed by atoms with Crippen molar-refractivity contribution in [3.8, 4) is 0 Å². The number of hydrogen-bond acceptors (Lipinski definition) is 2. The van der Waals surface area contributed by atoms with Gasteiger partial charge in [0.15, 0.2) is 0 Å². The van der Waals surface area contributed by atoms with Gasteiger partial charge in [-0.2, -0.15) is 0 Å². The average Bonchev–Trinajstić information content (AvgIpc) is 2.70. The Morgan fingerprint density at radius 1 is 1.00 bits per heavy atom. The molecule has 0 aromatic carbocycles. The van der Waals surface area contributed by atoms with Crippen molar-refractivity contribution in [2.45, 2.75) is 19.3 Å². The molecule has 1 aliphatic heterocycles. The van der Waals surface area contributed by atoms with E-state index in [1.165, 1.54) is 6.42 Å². The molecule has 2 saturated carbocycles. The molecule has 0 radical (unpaired) electrons. The van der Waals surface area contributed by atoms with Gasteiger partial charge in [-0.25, -0.2) is 0 Å². The second-order valence-electron chi connectivity index (χ2n) is 5.20. The number of carbonyl (C=O) groups is 2. The minimum absolute atomic E-state index is 0.208. The summed E-state index contributed by atoms with van der Waals surface area (Å²) in [5.41, 5.74) is 0. The van der Waals surface area contributed by atoms with Crippen LogP contribution in [0.3, 0.4) is 0 Å². The van der Waals surface area contributed by atoms with Gasteiger partial charge in [0, 0.05) is 19.0 Å². The molecular weight excluding hydrogens is 194 g/mol. The van der Waals surface area contributed by atoms with Gasteiger partial charge in [0.25, 0.3) is 0 Å². The van der Waals surface area contributed by atoms with E-state index in [0.29, 0.717) is 13.1 Å². The lowest BCUT2D eigenvalue weighted by Crippen LogP contribution is -2.54. The number of amides is 1. The molecule has 0 bridgehead atoms. The SMILES string of the molecule is O=C(O)C1CN(C(=O)C2CC3CC3C2)C1. The van der Waals surface area contributed by atoms with Crippen LogP contribution in [0, 0.1) is 23.7 Å². The number of carboxylic acid groups (broad SMARTS) is 1. The minimum atomic E-state index is -0.770. The van der Waals surface area contributed by atoms with Gasteiger partial charge in [0.05, 0.1) is 5.92 Å². The quantitative estimate of drug-likeness (QED) is 0.723. The first-order chi connectivity index (χ1) is 7.15. The summed E-state index contributed by atoms with van der Waals surface area (Å²) in [6.07, 6.45) is 3.43. The highest BCUT2D eigenvalue weighted by Crippen LogP contribution is 2.54. The smallest absolute Gasteiger partial charge is 0.310 e.